The molecular formula is C14H21NO3. The summed E-state index contributed by atoms with van der Waals surface area (Å²) < 4.78 is 0. The van der Waals surface area contributed by atoms with E-state index in [2.05, 4.69) is 4.90 Å². The molecule has 0 spiro atoms. The summed E-state index contributed by atoms with van der Waals surface area (Å²) in [5, 5.41) is 17.7. The Kier molecular flexibility index (Phi) is 5.65. The van der Waals surface area contributed by atoms with Crippen molar-refractivity contribution >= 4 is 11.7 Å². The van der Waals surface area contributed by atoms with Gasteiger partial charge in [0.1, 0.15) is 0 Å². The first kappa shape index (κ1) is 14.5. The molecule has 0 aliphatic rings. The van der Waals surface area contributed by atoms with Crippen molar-refractivity contribution in [2.45, 2.75) is 26.2 Å². The zero-order valence-electron chi connectivity index (χ0n) is 11.0. The van der Waals surface area contributed by atoms with Crippen LogP contribution in [0, 0.1) is 6.92 Å². The number of rotatable bonds is 7. The van der Waals surface area contributed by atoms with E-state index < -0.39 is 5.97 Å². The van der Waals surface area contributed by atoms with Gasteiger partial charge in [-0.1, -0.05) is 0 Å². The van der Waals surface area contributed by atoms with Crippen LogP contribution in [0.15, 0.2) is 18.2 Å². The van der Waals surface area contributed by atoms with Crippen LogP contribution in [0.25, 0.3) is 0 Å². The topological polar surface area (TPSA) is 60.8 Å². The average Bonchev–Trinajstić information content (AvgIpc) is 2.33. The second-order valence-electron chi connectivity index (χ2n) is 4.51. The van der Waals surface area contributed by atoms with Gasteiger partial charge in [0, 0.05) is 25.9 Å². The molecule has 0 bridgehead atoms. The van der Waals surface area contributed by atoms with E-state index in [4.69, 9.17) is 10.2 Å². The quantitative estimate of drug-likeness (QED) is 0.730. The van der Waals surface area contributed by atoms with E-state index in [9.17, 15) is 4.79 Å². The van der Waals surface area contributed by atoms with Crippen molar-refractivity contribution in [3.63, 3.8) is 0 Å². The smallest absolute Gasteiger partial charge is 0.335 e. The maximum atomic E-state index is 10.9. The maximum absolute atomic E-state index is 10.9. The fourth-order valence-electron chi connectivity index (χ4n) is 1.89. The van der Waals surface area contributed by atoms with Crippen LogP contribution in [-0.2, 0) is 0 Å². The Balaban J connectivity index is 2.61. The van der Waals surface area contributed by atoms with Crippen molar-refractivity contribution in [2.75, 3.05) is 25.1 Å². The zero-order chi connectivity index (χ0) is 13.5. The van der Waals surface area contributed by atoms with Crippen molar-refractivity contribution in [3.05, 3.63) is 29.3 Å². The Morgan fingerprint density at radius 1 is 1.28 bits per heavy atom. The Morgan fingerprint density at radius 2 is 2.00 bits per heavy atom. The minimum absolute atomic E-state index is 0.246. The zero-order valence-corrected chi connectivity index (χ0v) is 11.0. The van der Waals surface area contributed by atoms with Crippen LogP contribution in [0.4, 0.5) is 5.69 Å². The van der Waals surface area contributed by atoms with Crippen molar-refractivity contribution in [1.29, 1.82) is 0 Å². The molecule has 0 saturated heterocycles. The molecule has 1 aromatic carbocycles. The minimum atomic E-state index is -0.885. The number of hydrogen-bond donors (Lipinski definition) is 2. The predicted octanol–water partition coefficient (Wildman–Crippen LogP) is 2.29. The van der Waals surface area contributed by atoms with Gasteiger partial charge in [-0.25, -0.2) is 4.79 Å². The molecule has 4 heteroatoms. The number of benzene rings is 1. The lowest BCUT2D eigenvalue weighted by Gasteiger charge is -2.20. The second-order valence-corrected chi connectivity index (χ2v) is 4.51. The summed E-state index contributed by atoms with van der Waals surface area (Å²) in [6.45, 7) is 2.97. The van der Waals surface area contributed by atoms with Crippen molar-refractivity contribution in [3.8, 4) is 0 Å². The molecule has 1 rings (SSSR count). The van der Waals surface area contributed by atoms with Crippen molar-refractivity contribution in [1.82, 2.24) is 0 Å². The maximum Gasteiger partial charge on any atom is 0.335 e. The van der Waals surface area contributed by atoms with E-state index in [1.165, 1.54) is 0 Å². The second kappa shape index (κ2) is 7.01. The van der Waals surface area contributed by atoms with E-state index in [0.717, 1.165) is 37.1 Å². The first-order valence-electron chi connectivity index (χ1n) is 6.22. The molecule has 0 aliphatic carbocycles. The Morgan fingerprint density at radius 3 is 2.56 bits per heavy atom. The number of carboxylic acid groups (broad SMARTS) is 1. The van der Waals surface area contributed by atoms with Crippen LogP contribution >= 0.6 is 0 Å². The van der Waals surface area contributed by atoms with Gasteiger partial charge in [-0.05, 0) is 49.9 Å². The number of nitrogens with zero attached hydrogens (tertiary/aromatic N) is 1. The third-order valence-corrected chi connectivity index (χ3v) is 3.03. The Labute approximate surface area is 108 Å². The molecule has 0 aliphatic heterocycles. The van der Waals surface area contributed by atoms with E-state index in [0.29, 0.717) is 5.56 Å². The minimum Gasteiger partial charge on any atom is -0.478 e. The largest absolute Gasteiger partial charge is 0.478 e. The molecule has 100 valence electrons. The third-order valence-electron chi connectivity index (χ3n) is 3.03. The number of hydrogen-bond acceptors (Lipinski definition) is 3. The van der Waals surface area contributed by atoms with Gasteiger partial charge in [0.05, 0.1) is 5.56 Å². The third kappa shape index (κ3) is 4.04. The van der Waals surface area contributed by atoms with Crippen LogP contribution in [0.3, 0.4) is 0 Å². The van der Waals surface area contributed by atoms with Crippen LogP contribution in [0.2, 0.25) is 0 Å². The number of anilines is 1. The first-order chi connectivity index (χ1) is 8.56. The number of aliphatic hydroxyl groups excluding tert-OH is 1. The highest BCUT2D eigenvalue weighted by molar-refractivity contribution is 5.89. The highest BCUT2D eigenvalue weighted by Crippen LogP contribution is 2.18. The molecule has 0 amide bonds. The monoisotopic (exact) mass is 251 g/mol. The summed E-state index contributed by atoms with van der Waals surface area (Å²) in [4.78, 5) is 13.0. The lowest BCUT2D eigenvalue weighted by atomic mass is 10.1. The fraction of sp³-hybridized carbons (Fsp3) is 0.500. The molecule has 0 radical (unpaired) electrons. The van der Waals surface area contributed by atoms with Gasteiger partial charge in [0.2, 0.25) is 0 Å². The highest BCUT2D eigenvalue weighted by atomic mass is 16.4. The molecule has 0 aromatic heterocycles. The molecule has 0 fully saturated rings. The van der Waals surface area contributed by atoms with Gasteiger partial charge in [0.25, 0.3) is 0 Å². The van der Waals surface area contributed by atoms with E-state index in [-0.39, 0.29) is 6.61 Å². The summed E-state index contributed by atoms with van der Waals surface area (Å²) in [5.41, 5.74) is 2.16. The summed E-state index contributed by atoms with van der Waals surface area (Å²) in [7, 11) is 1.99. The predicted molar refractivity (Wildman–Crippen MR) is 72.3 cm³/mol. The lowest BCUT2D eigenvalue weighted by Crippen LogP contribution is -2.19. The number of aromatic carboxylic acids is 1. The summed E-state index contributed by atoms with van der Waals surface area (Å²) in [6.07, 6.45) is 2.87. The Hall–Kier alpha value is -1.55. The van der Waals surface area contributed by atoms with Gasteiger partial charge in [-0.2, -0.15) is 0 Å². The molecule has 0 unspecified atom stereocenters. The first-order valence-corrected chi connectivity index (χ1v) is 6.22. The summed E-state index contributed by atoms with van der Waals surface area (Å²) in [5.74, 6) is -0.885. The molecule has 1 aromatic rings. The molecular weight excluding hydrogens is 230 g/mol. The number of aliphatic hydroxyl groups is 1. The number of unbranched alkanes of at least 4 members (excludes halogenated alkanes) is 2. The average molecular weight is 251 g/mol. The lowest BCUT2D eigenvalue weighted by molar-refractivity contribution is 0.0696. The van der Waals surface area contributed by atoms with Crippen LogP contribution in [0.5, 0.6) is 0 Å². The summed E-state index contributed by atoms with van der Waals surface area (Å²) >= 11 is 0. The van der Waals surface area contributed by atoms with Gasteiger partial charge in [-0.15, -0.1) is 0 Å². The van der Waals surface area contributed by atoms with Gasteiger partial charge >= 0.3 is 5.97 Å². The highest BCUT2D eigenvalue weighted by Gasteiger charge is 2.08. The van der Waals surface area contributed by atoms with Crippen molar-refractivity contribution in [2.24, 2.45) is 0 Å². The fourth-order valence-corrected chi connectivity index (χ4v) is 1.89. The van der Waals surface area contributed by atoms with Crippen LogP contribution < -0.4 is 4.90 Å². The normalized spacial score (nSPS) is 10.4. The molecule has 4 nitrogen and oxygen atoms in total. The van der Waals surface area contributed by atoms with Crippen molar-refractivity contribution < 1.29 is 15.0 Å². The standard InChI is InChI=1S/C14H21NO3/c1-11-10-12(6-7-13(11)14(17)18)15(2)8-4-3-5-9-16/h6-7,10,16H,3-5,8-9H2,1-2H3,(H,17,18). The SMILES string of the molecule is Cc1cc(N(C)CCCCCO)ccc1C(=O)O. The van der Waals surface area contributed by atoms with E-state index in [1.54, 1.807) is 6.07 Å². The van der Waals surface area contributed by atoms with Gasteiger partial charge in [0.15, 0.2) is 0 Å². The summed E-state index contributed by atoms with van der Waals surface area (Å²) in [6, 6.07) is 5.38. The van der Waals surface area contributed by atoms with E-state index >= 15 is 0 Å². The van der Waals surface area contributed by atoms with E-state index in [1.807, 2.05) is 26.1 Å². The molecule has 0 atom stereocenters. The number of aryl methyl sites for hydroxylation is 1. The molecule has 0 saturated carbocycles. The molecule has 18 heavy (non-hydrogen) atoms. The number of carbonyl (C=O) groups is 1. The van der Waals surface area contributed by atoms with Crippen LogP contribution in [0.1, 0.15) is 35.2 Å². The van der Waals surface area contributed by atoms with Gasteiger partial charge in [-0.3, -0.25) is 0 Å². The Bertz CT molecular complexity index is 404. The number of carboxylic acids is 1. The van der Waals surface area contributed by atoms with Gasteiger partial charge < -0.3 is 15.1 Å². The molecule has 0 heterocycles. The molecule has 2 N–H and O–H groups in total. The van der Waals surface area contributed by atoms with Crippen LogP contribution in [-0.4, -0.2) is 36.4 Å².